The molecular formula is C22H20BrN3O3. The highest BCUT2D eigenvalue weighted by atomic mass is 79.9. The fourth-order valence-corrected chi connectivity index (χ4v) is 5.52. The molecule has 4 atom stereocenters. The van der Waals surface area contributed by atoms with Crippen molar-refractivity contribution in [2.75, 3.05) is 10.2 Å². The third-order valence-electron chi connectivity index (χ3n) is 6.34. The van der Waals surface area contributed by atoms with Crippen molar-refractivity contribution < 1.29 is 14.4 Å². The zero-order chi connectivity index (χ0) is 20.5. The van der Waals surface area contributed by atoms with Gasteiger partial charge in [0.25, 0.3) is 0 Å². The van der Waals surface area contributed by atoms with Gasteiger partial charge in [0.05, 0.1) is 17.5 Å². The maximum atomic E-state index is 13.7. The van der Waals surface area contributed by atoms with Crippen LogP contribution in [0.3, 0.4) is 0 Å². The van der Waals surface area contributed by atoms with E-state index in [4.69, 9.17) is 0 Å². The zero-order valence-corrected chi connectivity index (χ0v) is 17.6. The first kappa shape index (κ1) is 18.5. The Morgan fingerprint density at radius 1 is 1.03 bits per heavy atom. The number of halogens is 1. The fourth-order valence-electron chi connectivity index (χ4n) is 5.13. The molecule has 29 heavy (non-hydrogen) atoms. The van der Waals surface area contributed by atoms with E-state index in [0.29, 0.717) is 11.4 Å². The van der Waals surface area contributed by atoms with Gasteiger partial charge in [0.2, 0.25) is 17.7 Å². The number of anilines is 2. The number of carbonyl (C=O) groups is 3. The molecule has 3 aliphatic rings. The summed E-state index contributed by atoms with van der Waals surface area (Å²) in [6.45, 7) is 4.01. The smallest absolute Gasteiger partial charge is 0.250 e. The SMILES string of the molecule is CC(C)[C@@H]1N[C@@]2(C(=O)Nc3ccccc32)[C@@H]2C(=O)N(c3cccc(Br)c3)C(=O)[C@@H]21. The number of benzene rings is 2. The number of hydrogen-bond acceptors (Lipinski definition) is 4. The second-order valence-corrected chi connectivity index (χ2v) is 9.13. The molecule has 2 fully saturated rings. The molecule has 2 aromatic carbocycles. The molecular weight excluding hydrogens is 434 g/mol. The number of imide groups is 1. The van der Waals surface area contributed by atoms with Crippen molar-refractivity contribution in [1.29, 1.82) is 0 Å². The van der Waals surface area contributed by atoms with Gasteiger partial charge in [-0.1, -0.05) is 54.0 Å². The first-order valence-corrected chi connectivity index (χ1v) is 10.5. The van der Waals surface area contributed by atoms with Crippen LogP contribution in [-0.4, -0.2) is 23.8 Å². The van der Waals surface area contributed by atoms with Gasteiger partial charge in [0.1, 0.15) is 5.54 Å². The highest BCUT2D eigenvalue weighted by Crippen LogP contribution is 2.54. The maximum absolute atomic E-state index is 13.7. The van der Waals surface area contributed by atoms with Crippen LogP contribution in [-0.2, 0) is 19.9 Å². The molecule has 3 aliphatic heterocycles. The number of nitrogens with zero attached hydrogens (tertiary/aromatic N) is 1. The molecule has 7 heteroatoms. The van der Waals surface area contributed by atoms with Gasteiger partial charge in [0, 0.05) is 21.8 Å². The Balaban J connectivity index is 1.70. The van der Waals surface area contributed by atoms with Gasteiger partial charge >= 0.3 is 0 Å². The van der Waals surface area contributed by atoms with Crippen LogP contribution in [0.15, 0.2) is 53.0 Å². The molecule has 2 aromatic rings. The Hall–Kier alpha value is -2.51. The summed E-state index contributed by atoms with van der Waals surface area (Å²) < 4.78 is 0.782. The molecule has 6 nitrogen and oxygen atoms in total. The number of nitrogens with one attached hydrogen (secondary N) is 2. The van der Waals surface area contributed by atoms with Gasteiger partial charge in [-0.3, -0.25) is 19.7 Å². The molecule has 1 spiro atoms. The van der Waals surface area contributed by atoms with Gasteiger partial charge in [-0.25, -0.2) is 4.90 Å². The van der Waals surface area contributed by atoms with Crippen LogP contribution in [0.1, 0.15) is 19.4 Å². The van der Waals surface area contributed by atoms with Gasteiger partial charge in [0.15, 0.2) is 0 Å². The molecule has 0 aliphatic carbocycles. The number of hydrogen-bond donors (Lipinski definition) is 2. The molecule has 3 heterocycles. The average molecular weight is 454 g/mol. The zero-order valence-electron chi connectivity index (χ0n) is 16.0. The van der Waals surface area contributed by atoms with Crippen molar-refractivity contribution in [2.45, 2.75) is 25.4 Å². The van der Waals surface area contributed by atoms with Crippen LogP contribution in [0.5, 0.6) is 0 Å². The molecule has 2 N–H and O–H groups in total. The predicted molar refractivity (Wildman–Crippen MR) is 112 cm³/mol. The van der Waals surface area contributed by atoms with Crippen LogP contribution in [0.25, 0.3) is 0 Å². The summed E-state index contributed by atoms with van der Waals surface area (Å²) in [5, 5.41) is 6.34. The van der Waals surface area contributed by atoms with E-state index in [0.717, 1.165) is 10.0 Å². The molecule has 0 unspecified atom stereocenters. The van der Waals surface area contributed by atoms with Crippen molar-refractivity contribution in [1.82, 2.24) is 5.32 Å². The lowest BCUT2D eigenvalue weighted by atomic mass is 9.76. The van der Waals surface area contributed by atoms with Gasteiger partial charge in [-0.05, 0) is 30.2 Å². The summed E-state index contributed by atoms with van der Waals surface area (Å²) in [4.78, 5) is 41.7. The van der Waals surface area contributed by atoms with Crippen LogP contribution in [0, 0.1) is 17.8 Å². The number of para-hydroxylation sites is 1. The Labute approximate surface area is 176 Å². The second-order valence-electron chi connectivity index (χ2n) is 8.22. The topological polar surface area (TPSA) is 78.5 Å². The Kier molecular flexibility index (Phi) is 3.98. The molecule has 5 rings (SSSR count). The number of amides is 3. The highest BCUT2D eigenvalue weighted by Gasteiger charge is 2.70. The van der Waals surface area contributed by atoms with Crippen LogP contribution < -0.4 is 15.5 Å². The van der Waals surface area contributed by atoms with E-state index in [1.54, 1.807) is 18.2 Å². The third kappa shape index (κ3) is 2.34. The van der Waals surface area contributed by atoms with Crippen molar-refractivity contribution in [2.24, 2.45) is 17.8 Å². The van der Waals surface area contributed by atoms with Crippen molar-refractivity contribution in [3.05, 3.63) is 58.6 Å². The normalized spacial score (nSPS) is 30.3. The Morgan fingerprint density at radius 3 is 2.52 bits per heavy atom. The van der Waals surface area contributed by atoms with Crippen molar-refractivity contribution in [3.8, 4) is 0 Å². The van der Waals surface area contributed by atoms with E-state index in [1.165, 1.54) is 4.90 Å². The molecule has 0 aromatic heterocycles. The predicted octanol–water partition coefficient (Wildman–Crippen LogP) is 3.03. The number of rotatable bonds is 2. The minimum atomic E-state index is -1.23. The van der Waals surface area contributed by atoms with Crippen molar-refractivity contribution in [3.63, 3.8) is 0 Å². The minimum absolute atomic E-state index is 0.0710. The first-order chi connectivity index (χ1) is 13.9. The minimum Gasteiger partial charge on any atom is -0.324 e. The van der Waals surface area contributed by atoms with E-state index in [2.05, 4.69) is 26.6 Å². The van der Waals surface area contributed by atoms with E-state index in [-0.39, 0.29) is 29.7 Å². The van der Waals surface area contributed by atoms with Crippen LogP contribution in [0.4, 0.5) is 11.4 Å². The van der Waals surface area contributed by atoms with E-state index >= 15 is 0 Å². The molecule has 148 valence electrons. The second kappa shape index (κ2) is 6.24. The summed E-state index contributed by atoms with van der Waals surface area (Å²) in [7, 11) is 0. The number of carbonyl (C=O) groups excluding carboxylic acids is 3. The fraction of sp³-hybridized carbons (Fsp3) is 0.318. The van der Waals surface area contributed by atoms with Crippen molar-refractivity contribution >= 4 is 45.0 Å². The summed E-state index contributed by atoms with van der Waals surface area (Å²) in [6.07, 6.45) is 0. The summed E-state index contributed by atoms with van der Waals surface area (Å²) >= 11 is 3.41. The molecule has 0 bridgehead atoms. The lowest BCUT2D eigenvalue weighted by Crippen LogP contribution is -2.54. The molecule has 2 saturated heterocycles. The van der Waals surface area contributed by atoms with Gasteiger partial charge < -0.3 is 5.32 Å². The van der Waals surface area contributed by atoms with E-state index in [9.17, 15) is 14.4 Å². The maximum Gasteiger partial charge on any atom is 0.250 e. The Morgan fingerprint density at radius 2 is 1.79 bits per heavy atom. The van der Waals surface area contributed by atoms with Gasteiger partial charge in [-0.15, -0.1) is 0 Å². The average Bonchev–Trinajstić information content (AvgIpc) is 3.27. The van der Waals surface area contributed by atoms with Crippen LogP contribution >= 0.6 is 15.9 Å². The monoisotopic (exact) mass is 453 g/mol. The van der Waals surface area contributed by atoms with E-state index in [1.807, 2.05) is 44.2 Å². The molecule has 3 amide bonds. The largest absolute Gasteiger partial charge is 0.324 e. The lowest BCUT2D eigenvalue weighted by Gasteiger charge is -2.30. The summed E-state index contributed by atoms with van der Waals surface area (Å²) in [5.74, 6) is -2.17. The van der Waals surface area contributed by atoms with E-state index < -0.39 is 17.4 Å². The standard InChI is InChI=1S/C22H20BrN3O3/c1-11(2)18-16-17(20(28)26(19(16)27)13-7-5-6-12(23)10-13)22(25-18)14-8-3-4-9-15(14)24-21(22)29/h3-11,16-18,25H,1-2H3,(H,24,29)/t16-,17-,18-,22+/m0/s1. The highest BCUT2D eigenvalue weighted by molar-refractivity contribution is 9.10. The number of fused-ring (bicyclic) bond motifs is 4. The summed E-state index contributed by atoms with van der Waals surface area (Å²) in [6, 6.07) is 14.2. The quantitative estimate of drug-likeness (QED) is 0.684. The lowest BCUT2D eigenvalue weighted by molar-refractivity contribution is -0.130. The molecule has 0 radical (unpaired) electrons. The summed E-state index contributed by atoms with van der Waals surface area (Å²) in [5.41, 5.74) is 0.715. The Bertz CT molecular complexity index is 1070. The van der Waals surface area contributed by atoms with Gasteiger partial charge in [-0.2, -0.15) is 0 Å². The first-order valence-electron chi connectivity index (χ1n) is 9.68. The molecule has 0 saturated carbocycles. The van der Waals surface area contributed by atoms with Crippen LogP contribution in [0.2, 0.25) is 0 Å². The third-order valence-corrected chi connectivity index (χ3v) is 6.83.